The lowest BCUT2D eigenvalue weighted by Crippen LogP contribution is -2.39. The Labute approximate surface area is 112 Å². The van der Waals surface area contributed by atoms with Gasteiger partial charge in [-0.1, -0.05) is 31.2 Å². The van der Waals surface area contributed by atoms with Crippen LogP contribution in [0, 0.1) is 5.92 Å². The van der Waals surface area contributed by atoms with Gasteiger partial charge in [0, 0.05) is 18.4 Å². The Hall–Kier alpha value is -2.16. The number of amides is 1. The Morgan fingerprint density at radius 1 is 1.21 bits per heavy atom. The van der Waals surface area contributed by atoms with E-state index >= 15 is 0 Å². The quantitative estimate of drug-likeness (QED) is 0.782. The van der Waals surface area contributed by atoms with Crippen LogP contribution in [0.4, 0.5) is 5.69 Å². The van der Waals surface area contributed by atoms with Crippen LogP contribution in [0.1, 0.15) is 23.0 Å². The minimum atomic E-state index is -0.0143. The summed E-state index contributed by atoms with van der Waals surface area (Å²) >= 11 is 0. The number of benzene rings is 1. The fourth-order valence-electron chi connectivity index (χ4n) is 2.62. The van der Waals surface area contributed by atoms with Crippen molar-refractivity contribution in [2.45, 2.75) is 13.3 Å². The lowest BCUT2D eigenvalue weighted by molar-refractivity contribution is 0.0976. The van der Waals surface area contributed by atoms with Crippen molar-refractivity contribution in [1.82, 2.24) is 4.98 Å². The highest BCUT2D eigenvalue weighted by molar-refractivity contribution is 6.05. The van der Waals surface area contributed by atoms with E-state index in [-0.39, 0.29) is 5.91 Å². The Morgan fingerprint density at radius 3 is 2.79 bits per heavy atom. The molecule has 1 amide bonds. The van der Waals surface area contributed by atoms with Crippen molar-refractivity contribution in [1.29, 1.82) is 0 Å². The van der Waals surface area contributed by atoms with E-state index < -0.39 is 0 Å². The molecule has 19 heavy (non-hydrogen) atoms. The van der Waals surface area contributed by atoms with Gasteiger partial charge in [0.1, 0.15) is 5.69 Å². The van der Waals surface area contributed by atoms with Crippen molar-refractivity contribution in [3.05, 3.63) is 59.9 Å². The van der Waals surface area contributed by atoms with Crippen molar-refractivity contribution in [3.63, 3.8) is 0 Å². The first-order chi connectivity index (χ1) is 9.25. The number of pyridine rings is 1. The van der Waals surface area contributed by atoms with Crippen LogP contribution in [0.2, 0.25) is 0 Å². The summed E-state index contributed by atoms with van der Waals surface area (Å²) in [7, 11) is 0. The number of rotatable bonds is 1. The highest BCUT2D eigenvalue weighted by atomic mass is 16.2. The van der Waals surface area contributed by atoms with Crippen molar-refractivity contribution in [2.75, 3.05) is 11.4 Å². The second-order valence-corrected chi connectivity index (χ2v) is 5.07. The normalized spacial score (nSPS) is 17.9. The Morgan fingerprint density at radius 2 is 2.00 bits per heavy atom. The highest BCUT2D eigenvalue weighted by Crippen LogP contribution is 2.30. The van der Waals surface area contributed by atoms with Crippen LogP contribution >= 0.6 is 0 Å². The zero-order valence-corrected chi connectivity index (χ0v) is 10.9. The molecule has 3 rings (SSSR count). The lowest BCUT2D eigenvalue weighted by Gasteiger charge is -2.32. The number of anilines is 1. The molecule has 0 fully saturated rings. The average Bonchev–Trinajstić information content (AvgIpc) is 2.46. The smallest absolute Gasteiger partial charge is 0.276 e. The predicted octanol–water partition coefficient (Wildman–Crippen LogP) is 2.92. The largest absolute Gasteiger partial charge is 0.306 e. The molecule has 2 aromatic rings. The molecule has 1 aliphatic rings. The molecule has 1 atom stereocenters. The number of aromatic nitrogens is 1. The van der Waals surface area contributed by atoms with Gasteiger partial charge in [-0.05, 0) is 36.1 Å². The van der Waals surface area contributed by atoms with Crippen LogP contribution in [0.15, 0.2) is 48.7 Å². The molecule has 0 saturated carbocycles. The first-order valence-corrected chi connectivity index (χ1v) is 6.56. The molecule has 0 aliphatic carbocycles. The van der Waals surface area contributed by atoms with Gasteiger partial charge in [0.25, 0.3) is 5.91 Å². The number of hydrogen-bond acceptors (Lipinski definition) is 2. The van der Waals surface area contributed by atoms with Gasteiger partial charge >= 0.3 is 0 Å². The van der Waals surface area contributed by atoms with Gasteiger partial charge in [0.05, 0.1) is 0 Å². The lowest BCUT2D eigenvalue weighted by atomic mass is 9.93. The highest BCUT2D eigenvalue weighted by Gasteiger charge is 2.27. The summed E-state index contributed by atoms with van der Waals surface area (Å²) in [6.07, 6.45) is 2.69. The average molecular weight is 252 g/mol. The fraction of sp³-hybridized carbons (Fsp3) is 0.250. The van der Waals surface area contributed by atoms with Gasteiger partial charge in [-0.2, -0.15) is 0 Å². The molecule has 1 aliphatic heterocycles. The van der Waals surface area contributed by atoms with E-state index in [9.17, 15) is 4.79 Å². The molecule has 1 aromatic heterocycles. The standard InChI is InChI=1S/C16H16N2O/c1-12-10-13-6-2-3-8-15(13)18(11-12)16(19)14-7-4-5-9-17-14/h2-9,12H,10-11H2,1H3. The molecule has 0 spiro atoms. The molecule has 3 nitrogen and oxygen atoms in total. The van der Waals surface area contributed by atoms with E-state index in [0.29, 0.717) is 11.6 Å². The molecule has 96 valence electrons. The number of fused-ring (bicyclic) bond motifs is 1. The van der Waals surface area contributed by atoms with E-state index in [1.807, 2.05) is 35.2 Å². The summed E-state index contributed by atoms with van der Waals surface area (Å²) in [6.45, 7) is 2.93. The third-order valence-corrected chi connectivity index (χ3v) is 3.47. The number of carbonyl (C=O) groups is 1. The van der Waals surface area contributed by atoms with Crippen LogP contribution in [0.25, 0.3) is 0 Å². The summed E-state index contributed by atoms with van der Waals surface area (Å²) < 4.78 is 0. The number of nitrogens with zero attached hydrogens (tertiary/aromatic N) is 2. The third-order valence-electron chi connectivity index (χ3n) is 3.47. The minimum absolute atomic E-state index is 0.0143. The van der Waals surface area contributed by atoms with Crippen molar-refractivity contribution < 1.29 is 4.79 Å². The summed E-state index contributed by atoms with van der Waals surface area (Å²) in [4.78, 5) is 18.6. The maximum Gasteiger partial charge on any atom is 0.276 e. The zero-order chi connectivity index (χ0) is 13.2. The molecule has 1 unspecified atom stereocenters. The molecule has 0 saturated heterocycles. The van der Waals surface area contributed by atoms with Gasteiger partial charge in [0.15, 0.2) is 0 Å². The number of para-hydroxylation sites is 1. The third kappa shape index (κ3) is 2.24. The predicted molar refractivity (Wildman–Crippen MR) is 75.2 cm³/mol. The number of hydrogen-bond donors (Lipinski definition) is 0. The van der Waals surface area contributed by atoms with Crippen LogP contribution in [-0.4, -0.2) is 17.4 Å². The summed E-state index contributed by atoms with van der Waals surface area (Å²) in [5, 5.41) is 0. The summed E-state index contributed by atoms with van der Waals surface area (Å²) in [5.41, 5.74) is 2.77. The van der Waals surface area contributed by atoms with E-state index in [0.717, 1.165) is 18.7 Å². The van der Waals surface area contributed by atoms with E-state index in [2.05, 4.69) is 18.0 Å². The van der Waals surface area contributed by atoms with E-state index in [1.165, 1.54) is 5.56 Å². The van der Waals surface area contributed by atoms with E-state index in [1.54, 1.807) is 12.3 Å². The molecule has 0 bridgehead atoms. The molecular formula is C16H16N2O. The van der Waals surface area contributed by atoms with Gasteiger partial charge in [0.2, 0.25) is 0 Å². The maximum absolute atomic E-state index is 12.6. The molecule has 1 aromatic carbocycles. The van der Waals surface area contributed by atoms with Crippen molar-refractivity contribution in [3.8, 4) is 0 Å². The fourth-order valence-corrected chi connectivity index (χ4v) is 2.62. The second-order valence-electron chi connectivity index (χ2n) is 5.07. The van der Waals surface area contributed by atoms with Gasteiger partial charge in [-0.3, -0.25) is 9.78 Å². The summed E-state index contributed by atoms with van der Waals surface area (Å²) in [5.74, 6) is 0.460. The van der Waals surface area contributed by atoms with Crippen molar-refractivity contribution >= 4 is 11.6 Å². The Balaban J connectivity index is 1.99. The molecule has 2 heterocycles. The molecule has 0 radical (unpaired) electrons. The van der Waals surface area contributed by atoms with Crippen LogP contribution in [0.5, 0.6) is 0 Å². The van der Waals surface area contributed by atoms with Crippen LogP contribution in [-0.2, 0) is 6.42 Å². The van der Waals surface area contributed by atoms with Gasteiger partial charge < -0.3 is 4.90 Å². The molecule has 3 heteroatoms. The maximum atomic E-state index is 12.6. The summed E-state index contributed by atoms with van der Waals surface area (Å²) in [6, 6.07) is 13.6. The van der Waals surface area contributed by atoms with Crippen LogP contribution < -0.4 is 4.90 Å². The zero-order valence-electron chi connectivity index (χ0n) is 10.9. The van der Waals surface area contributed by atoms with Crippen molar-refractivity contribution in [2.24, 2.45) is 5.92 Å². The first kappa shape index (κ1) is 11.9. The molecular weight excluding hydrogens is 236 g/mol. The topological polar surface area (TPSA) is 33.2 Å². The SMILES string of the molecule is CC1Cc2ccccc2N(C(=O)c2ccccn2)C1. The minimum Gasteiger partial charge on any atom is -0.306 e. The Kier molecular flexibility index (Phi) is 3.03. The van der Waals surface area contributed by atoms with Crippen LogP contribution in [0.3, 0.4) is 0 Å². The second kappa shape index (κ2) is 4.84. The number of carbonyl (C=O) groups excluding carboxylic acids is 1. The van der Waals surface area contributed by atoms with Gasteiger partial charge in [-0.25, -0.2) is 0 Å². The van der Waals surface area contributed by atoms with E-state index in [4.69, 9.17) is 0 Å². The first-order valence-electron chi connectivity index (χ1n) is 6.56. The Bertz CT molecular complexity index is 595. The monoisotopic (exact) mass is 252 g/mol. The van der Waals surface area contributed by atoms with Gasteiger partial charge in [-0.15, -0.1) is 0 Å². The molecule has 0 N–H and O–H groups in total.